The molecule has 0 aliphatic carbocycles. The highest BCUT2D eigenvalue weighted by Crippen LogP contribution is 2.18. The molecule has 0 saturated carbocycles. The lowest BCUT2D eigenvalue weighted by Crippen LogP contribution is -2.44. The molecular weight excluding hydrogens is 254 g/mol. The molecule has 2 rings (SSSR count). The molecular formula is C15H21N3S. The van der Waals surface area contributed by atoms with Gasteiger partial charge in [0.05, 0.1) is 10.5 Å². The van der Waals surface area contributed by atoms with E-state index in [2.05, 4.69) is 36.3 Å². The highest BCUT2D eigenvalue weighted by molar-refractivity contribution is 7.09. The lowest BCUT2D eigenvalue weighted by Gasteiger charge is -2.26. The van der Waals surface area contributed by atoms with Crippen molar-refractivity contribution in [1.82, 2.24) is 10.3 Å². The average Bonchev–Trinajstić information content (AvgIpc) is 2.93. The van der Waals surface area contributed by atoms with Crippen LogP contribution >= 0.6 is 11.3 Å². The number of hydrogen-bond donors (Lipinski definition) is 2. The highest BCUT2D eigenvalue weighted by Gasteiger charge is 2.20. The van der Waals surface area contributed by atoms with Gasteiger partial charge in [-0.1, -0.05) is 37.3 Å². The number of hydrogen-bond acceptors (Lipinski definition) is 4. The first kappa shape index (κ1) is 14.2. The van der Waals surface area contributed by atoms with Crippen molar-refractivity contribution in [2.75, 3.05) is 13.1 Å². The fourth-order valence-electron chi connectivity index (χ4n) is 2.03. The number of thiazole rings is 1. The van der Waals surface area contributed by atoms with E-state index in [-0.39, 0.29) is 5.54 Å². The molecule has 3 N–H and O–H groups in total. The molecule has 1 heterocycles. The summed E-state index contributed by atoms with van der Waals surface area (Å²) in [7, 11) is 0. The van der Waals surface area contributed by atoms with Gasteiger partial charge in [-0.25, -0.2) is 4.98 Å². The molecule has 0 spiro atoms. The van der Waals surface area contributed by atoms with Crippen molar-refractivity contribution in [3.8, 4) is 0 Å². The maximum absolute atomic E-state index is 6.37. The lowest BCUT2D eigenvalue weighted by atomic mass is 9.93. The van der Waals surface area contributed by atoms with E-state index in [0.29, 0.717) is 5.92 Å². The molecule has 0 aliphatic heterocycles. The molecule has 2 atom stereocenters. The van der Waals surface area contributed by atoms with Gasteiger partial charge < -0.3 is 11.1 Å². The van der Waals surface area contributed by atoms with Crippen molar-refractivity contribution < 1.29 is 0 Å². The van der Waals surface area contributed by atoms with Crippen LogP contribution in [-0.4, -0.2) is 18.1 Å². The Kier molecular flexibility index (Phi) is 4.69. The van der Waals surface area contributed by atoms with Crippen LogP contribution in [-0.2, 0) is 5.54 Å². The number of nitrogens with two attached hydrogens (primary N) is 1. The van der Waals surface area contributed by atoms with Crippen molar-refractivity contribution in [2.24, 2.45) is 5.73 Å². The van der Waals surface area contributed by atoms with E-state index in [1.165, 1.54) is 5.01 Å². The van der Waals surface area contributed by atoms with E-state index in [1.807, 2.05) is 29.8 Å². The molecule has 0 fully saturated rings. The summed E-state index contributed by atoms with van der Waals surface area (Å²) in [5.74, 6) is 0.423. The zero-order valence-electron chi connectivity index (χ0n) is 11.5. The number of benzene rings is 1. The second-order valence-corrected chi connectivity index (χ2v) is 6.11. The summed E-state index contributed by atoms with van der Waals surface area (Å²) in [6.07, 6.45) is 1.85. The van der Waals surface area contributed by atoms with Crippen LogP contribution in [0, 0.1) is 0 Å². The Balaban J connectivity index is 1.85. The van der Waals surface area contributed by atoms with Gasteiger partial charge in [-0.2, -0.15) is 0 Å². The van der Waals surface area contributed by atoms with E-state index >= 15 is 0 Å². The second-order valence-electron chi connectivity index (χ2n) is 5.19. The summed E-state index contributed by atoms with van der Waals surface area (Å²) in [6.45, 7) is 5.89. The van der Waals surface area contributed by atoms with Gasteiger partial charge in [-0.05, 0) is 12.5 Å². The van der Waals surface area contributed by atoms with Gasteiger partial charge in [-0.3, -0.25) is 0 Å². The van der Waals surface area contributed by atoms with Crippen molar-refractivity contribution in [2.45, 2.75) is 25.3 Å². The van der Waals surface area contributed by atoms with Crippen molar-refractivity contribution in [1.29, 1.82) is 0 Å². The van der Waals surface area contributed by atoms with Gasteiger partial charge >= 0.3 is 0 Å². The fourth-order valence-corrected chi connectivity index (χ4v) is 2.73. The molecule has 2 aromatic rings. The molecule has 4 heteroatoms. The largest absolute Gasteiger partial charge is 0.321 e. The first-order valence-electron chi connectivity index (χ1n) is 6.54. The van der Waals surface area contributed by atoms with Crippen LogP contribution in [0.2, 0.25) is 0 Å². The van der Waals surface area contributed by atoms with Gasteiger partial charge in [0.15, 0.2) is 0 Å². The number of nitrogens with one attached hydrogen (secondary N) is 1. The normalized spacial score (nSPS) is 15.9. The predicted molar refractivity (Wildman–Crippen MR) is 81.4 cm³/mol. The molecule has 2 unspecified atom stereocenters. The number of aromatic nitrogens is 1. The molecule has 0 saturated heterocycles. The third-order valence-corrected chi connectivity index (χ3v) is 4.26. The van der Waals surface area contributed by atoms with Crippen LogP contribution in [0.25, 0.3) is 0 Å². The van der Waals surface area contributed by atoms with Gasteiger partial charge in [0.25, 0.3) is 0 Å². The predicted octanol–water partition coefficient (Wildman–Crippen LogP) is 2.71. The van der Waals surface area contributed by atoms with Crippen LogP contribution in [0.15, 0.2) is 41.9 Å². The Labute approximate surface area is 118 Å². The summed E-state index contributed by atoms with van der Waals surface area (Å²) in [5.41, 5.74) is 7.18. The van der Waals surface area contributed by atoms with Gasteiger partial charge in [0.1, 0.15) is 0 Å². The topological polar surface area (TPSA) is 50.9 Å². The molecule has 0 aliphatic rings. The molecule has 3 nitrogen and oxygen atoms in total. The third kappa shape index (κ3) is 3.86. The summed E-state index contributed by atoms with van der Waals surface area (Å²) in [6, 6.07) is 10.2. The van der Waals surface area contributed by atoms with E-state index in [0.717, 1.165) is 18.7 Å². The number of rotatable bonds is 6. The molecule has 1 aromatic carbocycles. The van der Waals surface area contributed by atoms with E-state index < -0.39 is 0 Å². The molecule has 102 valence electrons. The van der Waals surface area contributed by atoms with Gasteiger partial charge in [0.2, 0.25) is 0 Å². The summed E-state index contributed by atoms with van der Waals surface area (Å²) in [5, 5.41) is 6.64. The Bertz CT molecular complexity index is 479. The quantitative estimate of drug-likeness (QED) is 0.852. The van der Waals surface area contributed by atoms with Gasteiger partial charge in [-0.15, -0.1) is 11.3 Å². The third-order valence-electron chi connectivity index (χ3n) is 3.25. The maximum Gasteiger partial charge on any atom is 0.0965 e. The maximum atomic E-state index is 6.37. The molecule has 0 bridgehead atoms. The Morgan fingerprint density at radius 1 is 1.37 bits per heavy atom. The monoisotopic (exact) mass is 275 g/mol. The Morgan fingerprint density at radius 2 is 2.11 bits per heavy atom. The van der Waals surface area contributed by atoms with Crippen LogP contribution in [0.4, 0.5) is 0 Å². The van der Waals surface area contributed by atoms with Crippen molar-refractivity contribution in [3.05, 3.63) is 52.5 Å². The van der Waals surface area contributed by atoms with Crippen LogP contribution in [0.1, 0.15) is 30.3 Å². The second kappa shape index (κ2) is 6.28. The van der Waals surface area contributed by atoms with Crippen molar-refractivity contribution in [3.63, 3.8) is 0 Å². The minimum Gasteiger partial charge on any atom is -0.321 e. The zero-order valence-corrected chi connectivity index (χ0v) is 12.3. The Hall–Kier alpha value is -1.23. The zero-order chi connectivity index (χ0) is 13.7. The SMILES string of the molecule is CC(CNCC(C)(N)c1ccccc1)c1nccs1. The summed E-state index contributed by atoms with van der Waals surface area (Å²) >= 11 is 1.70. The standard InChI is InChI=1S/C15H21N3S/c1-12(14-18-8-9-19-14)10-17-11-15(2,16)13-6-4-3-5-7-13/h3-9,12,17H,10-11,16H2,1-2H3. The molecule has 19 heavy (non-hydrogen) atoms. The first-order chi connectivity index (χ1) is 9.09. The number of nitrogens with zero attached hydrogens (tertiary/aromatic N) is 1. The van der Waals surface area contributed by atoms with Crippen molar-refractivity contribution >= 4 is 11.3 Å². The van der Waals surface area contributed by atoms with Crippen LogP contribution < -0.4 is 11.1 Å². The van der Waals surface area contributed by atoms with E-state index in [4.69, 9.17) is 5.73 Å². The lowest BCUT2D eigenvalue weighted by molar-refractivity contribution is 0.438. The fraction of sp³-hybridized carbons (Fsp3) is 0.400. The minimum absolute atomic E-state index is 0.343. The first-order valence-corrected chi connectivity index (χ1v) is 7.42. The van der Waals surface area contributed by atoms with Crippen LogP contribution in [0.5, 0.6) is 0 Å². The average molecular weight is 275 g/mol. The van der Waals surface area contributed by atoms with E-state index in [1.54, 1.807) is 11.3 Å². The highest BCUT2D eigenvalue weighted by atomic mass is 32.1. The molecule has 0 amide bonds. The van der Waals surface area contributed by atoms with E-state index in [9.17, 15) is 0 Å². The summed E-state index contributed by atoms with van der Waals surface area (Å²) < 4.78 is 0. The molecule has 1 aromatic heterocycles. The Morgan fingerprint density at radius 3 is 2.74 bits per heavy atom. The molecule has 0 radical (unpaired) electrons. The van der Waals surface area contributed by atoms with Crippen LogP contribution in [0.3, 0.4) is 0 Å². The minimum atomic E-state index is -0.343. The smallest absolute Gasteiger partial charge is 0.0965 e. The summed E-state index contributed by atoms with van der Waals surface area (Å²) in [4.78, 5) is 4.34. The van der Waals surface area contributed by atoms with Gasteiger partial charge in [0, 0.05) is 30.6 Å².